The molecule has 1 unspecified atom stereocenters. The number of unbranched alkanes of at least 4 members (excludes halogenated alkanes) is 2. The summed E-state index contributed by atoms with van der Waals surface area (Å²) >= 11 is 0. The van der Waals surface area contributed by atoms with Gasteiger partial charge < -0.3 is 29.0 Å². The number of nitro benzene ring substituents is 2. The molecule has 0 saturated heterocycles. The first-order chi connectivity index (χ1) is 31.7. The number of benzene rings is 4. The Bertz CT molecular complexity index is 2170. The van der Waals surface area contributed by atoms with E-state index in [1.54, 1.807) is 31.4 Å². The van der Waals surface area contributed by atoms with Crippen LogP contribution in [0.15, 0.2) is 114 Å². The smallest absolute Gasteiger partial charge is 0.269 e. The fourth-order valence-electron chi connectivity index (χ4n) is 7.75. The van der Waals surface area contributed by atoms with E-state index < -0.39 is 0 Å². The number of nitrogens with zero attached hydrogens (tertiary/aromatic N) is 3. The van der Waals surface area contributed by atoms with Crippen LogP contribution in [0.1, 0.15) is 113 Å². The van der Waals surface area contributed by atoms with Crippen molar-refractivity contribution in [3.8, 4) is 11.5 Å². The van der Waals surface area contributed by atoms with Gasteiger partial charge in [0.1, 0.15) is 17.3 Å². The molecule has 6 rings (SSSR count). The minimum absolute atomic E-state index is 0.0866. The molecule has 0 aromatic heterocycles. The van der Waals surface area contributed by atoms with Crippen molar-refractivity contribution in [1.29, 1.82) is 0 Å². The van der Waals surface area contributed by atoms with Crippen LogP contribution in [-0.4, -0.2) is 68.2 Å². The predicted molar refractivity (Wildman–Crippen MR) is 261 cm³/mol. The highest BCUT2D eigenvalue weighted by Crippen LogP contribution is 2.47. The zero-order valence-corrected chi connectivity index (χ0v) is 39.3. The number of allylic oxidation sites excluding steroid dienone is 3. The number of fused-ring (bicyclic) bond motifs is 2. The van der Waals surface area contributed by atoms with E-state index >= 15 is 0 Å². The fraction of sp³-hybridized carbons (Fsp3) is 0.434. The highest BCUT2D eigenvalue weighted by molar-refractivity contribution is 5.93. The molecule has 12 heteroatoms. The zero-order chi connectivity index (χ0) is 47.0. The molecule has 4 aromatic carbocycles. The second-order valence-electron chi connectivity index (χ2n) is 15.7. The maximum atomic E-state index is 11.6. The Kier molecular flexibility index (Phi) is 22.5. The van der Waals surface area contributed by atoms with Crippen molar-refractivity contribution < 1.29 is 33.9 Å². The van der Waals surface area contributed by atoms with Gasteiger partial charge in [-0.15, -0.1) is 0 Å². The van der Waals surface area contributed by atoms with Crippen molar-refractivity contribution in [2.24, 2.45) is 0 Å². The van der Waals surface area contributed by atoms with E-state index in [2.05, 4.69) is 68.2 Å². The summed E-state index contributed by atoms with van der Waals surface area (Å²) in [5.74, 6) is 1.93. The Balaban J connectivity index is 0.000000496. The first-order valence-corrected chi connectivity index (χ1v) is 23.3. The van der Waals surface area contributed by atoms with E-state index in [-0.39, 0.29) is 32.9 Å². The first kappa shape index (κ1) is 51.8. The van der Waals surface area contributed by atoms with E-state index in [1.807, 2.05) is 50.2 Å². The summed E-state index contributed by atoms with van der Waals surface area (Å²) in [4.78, 5) is 23.5. The number of aryl methyl sites for hydroxylation is 1. The second-order valence-corrected chi connectivity index (χ2v) is 15.7. The molecule has 0 fully saturated rings. The molecule has 0 spiro atoms. The zero-order valence-electron chi connectivity index (χ0n) is 39.3. The van der Waals surface area contributed by atoms with Crippen molar-refractivity contribution in [1.82, 2.24) is 0 Å². The topological polar surface area (TPSA) is 147 Å². The lowest BCUT2D eigenvalue weighted by Gasteiger charge is -2.29. The number of phenolic OH excluding ortho intramolecular Hbond substituents is 1. The lowest BCUT2D eigenvalue weighted by Crippen LogP contribution is -2.25. The van der Waals surface area contributed by atoms with Gasteiger partial charge in [-0.25, -0.2) is 0 Å². The van der Waals surface area contributed by atoms with Gasteiger partial charge in [0.15, 0.2) is 0 Å². The van der Waals surface area contributed by atoms with Gasteiger partial charge in [-0.05, 0) is 112 Å². The van der Waals surface area contributed by atoms with Gasteiger partial charge in [-0.3, -0.25) is 20.2 Å². The molecular formula is C53H69N3O9. The Morgan fingerprint density at radius 3 is 1.97 bits per heavy atom. The summed E-state index contributed by atoms with van der Waals surface area (Å²) in [7, 11) is 1.69. The fourth-order valence-corrected chi connectivity index (χ4v) is 7.75. The maximum Gasteiger partial charge on any atom is 0.269 e. The van der Waals surface area contributed by atoms with Crippen LogP contribution in [-0.2, 0) is 27.1 Å². The van der Waals surface area contributed by atoms with Crippen LogP contribution in [0.4, 0.5) is 17.1 Å². The summed E-state index contributed by atoms with van der Waals surface area (Å²) < 4.78 is 22.0. The third kappa shape index (κ3) is 15.7. The van der Waals surface area contributed by atoms with Crippen LogP contribution in [0, 0.1) is 20.2 Å². The van der Waals surface area contributed by atoms with Crippen molar-refractivity contribution >= 4 is 22.6 Å². The van der Waals surface area contributed by atoms with Crippen molar-refractivity contribution in [3.05, 3.63) is 163 Å². The van der Waals surface area contributed by atoms with E-state index in [0.29, 0.717) is 13.2 Å². The van der Waals surface area contributed by atoms with Gasteiger partial charge in [-0.1, -0.05) is 76.2 Å². The number of non-ortho nitro benzene ring substituents is 2. The molecule has 1 aliphatic carbocycles. The molecule has 2 aliphatic rings. The highest BCUT2D eigenvalue weighted by atomic mass is 16.6. The highest BCUT2D eigenvalue weighted by Gasteiger charge is 2.28. The van der Waals surface area contributed by atoms with Gasteiger partial charge in [0, 0.05) is 98.3 Å². The van der Waals surface area contributed by atoms with Crippen molar-refractivity contribution in [3.63, 3.8) is 0 Å². The number of hydrogen-bond donors (Lipinski definition) is 1. The number of hydrogen-bond acceptors (Lipinski definition) is 10. The Morgan fingerprint density at radius 2 is 1.38 bits per heavy atom. The number of rotatable bonds is 24. The van der Waals surface area contributed by atoms with Crippen LogP contribution < -0.4 is 9.64 Å². The quantitative estimate of drug-likeness (QED) is 0.0409. The number of methoxy groups -OCH3 is 1. The van der Waals surface area contributed by atoms with Crippen LogP contribution in [0.2, 0.25) is 0 Å². The summed E-state index contributed by atoms with van der Waals surface area (Å²) in [5.41, 5.74) is 7.82. The molecule has 1 N–H and O–H groups in total. The van der Waals surface area contributed by atoms with E-state index in [0.717, 1.165) is 140 Å². The van der Waals surface area contributed by atoms with Crippen LogP contribution in [0.25, 0.3) is 5.57 Å². The largest absolute Gasteiger partial charge is 0.507 e. The summed E-state index contributed by atoms with van der Waals surface area (Å²) in [6, 6.07) is 25.6. The normalized spacial score (nSPS) is 12.9. The lowest BCUT2D eigenvalue weighted by molar-refractivity contribution is -0.385. The minimum atomic E-state index is -0.385. The third-order valence-electron chi connectivity index (χ3n) is 11.3. The molecule has 65 heavy (non-hydrogen) atoms. The molecular weight excluding hydrogens is 823 g/mol. The standard InChI is InChI=1S/C40H39N3O6.C11H24O3.C2H6/c1-3-29(14-9-27-10-16-31(17-11-27)42(45)46)30-15-21-34(37(44)25-30)40-35-7-5-6-8-38(35)49-39-26-33(20-22-36(39)40)41(4-2)24-23-28-12-18-32(19-13-28)43(47)48;1-3-7-13-8-5-4-6-9-14-11-10-12-2;1-2/h5,7-8,10-13,15-22,25-26,29,44H,3-4,6,9,14,23-24H2,1-2H3;3-11H2,1-2H3;1-2H3. The average molecular weight is 892 g/mol. The van der Waals surface area contributed by atoms with Crippen LogP contribution >= 0.6 is 0 Å². The van der Waals surface area contributed by atoms with E-state index in [9.17, 15) is 25.3 Å². The van der Waals surface area contributed by atoms with Crippen LogP contribution in [0.5, 0.6) is 11.5 Å². The van der Waals surface area contributed by atoms with Crippen molar-refractivity contribution in [2.75, 3.05) is 58.1 Å². The molecule has 12 nitrogen and oxygen atoms in total. The van der Waals surface area contributed by atoms with Crippen LogP contribution in [0.3, 0.4) is 0 Å². The Labute approximate surface area is 385 Å². The van der Waals surface area contributed by atoms with Gasteiger partial charge in [0.2, 0.25) is 0 Å². The first-order valence-electron chi connectivity index (χ1n) is 23.3. The Morgan fingerprint density at radius 1 is 0.754 bits per heavy atom. The summed E-state index contributed by atoms with van der Waals surface area (Å²) in [6.45, 7) is 15.9. The van der Waals surface area contributed by atoms with E-state index in [4.69, 9.17) is 18.9 Å². The average Bonchev–Trinajstić information content (AvgIpc) is 3.33. The number of anilines is 1. The van der Waals surface area contributed by atoms with E-state index in [1.165, 1.54) is 6.42 Å². The number of phenols is 1. The molecule has 0 saturated carbocycles. The minimum Gasteiger partial charge on any atom is -0.507 e. The number of nitro groups is 2. The molecule has 0 amide bonds. The van der Waals surface area contributed by atoms with Gasteiger partial charge >= 0.3 is 0 Å². The SMILES string of the molecule is CC.CCC(CCc1ccc([N+](=O)[O-])cc1)c1ccc(C2=C3C=CCC=C3Oc3cc(N(CC)CCc4ccc([N+](=O)[O-])cc4)ccc32)c(O)c1.CCCOCCCCCOCCOC. The van der Waals surface area contributed by atoms with Crippen molar-refractivity contribution in [2.45, 2.75) is 98.3 Å². The maximum absolute atomic E-state index is 11.6. The molecule has 0 bridgehead atoms. The summed E-state index contributed by atoms with van der Waals surface area (Å²) in [6.07, 6.45) is 14.8. The molecule has 0 radical (unpaired) electrons. The third-order valence-corrected chi connectivity index (χ3v) is 11.3. The number of aromatic hydroxyl groups is 1. The van der Waals surface area contributed by atoms with Gasteiger partial charge in [0.25, 0.3) is 11.4 Å². The Hall–Kier alpha value is -5.82. The van der Waals surface area contributed by atoms with Gasteiger partial charge in [-0.2, -0.15) is 0 Å². The number of ether oxygens (including phenoxy) is 4. The second kappa shape index (κ2) is 28.2. The summed E-state index contributed by atoms with van der Waals surface area (Å²) in [5, 5.41) is 33.6. The predicted octanol–water partition coefficient (Wildman–Crippen LogP) is 12.7. The molecule has 1 heterocycles. The molecule has 1 aliphatic heterocycles. The molecule has 4 aromatic rings. The lowest BCUT2D eigenvalue weighted by atomic mass is 9.84. The molecule has 350 valence electrons. The number of likely N-dealkylation sites (N-methyl/N-ethyl adjacent to an activating group) is 1. The molecule has 1 atom stereocenters. The monoisotopic (exact) mass is 892 g/mol. The van der Waals surface area contributed by atoms with Gasteiger partial charge in [0.05, 0.1) is 23.1 Å².